The Morgan fingerprint density at radius 3 is 2.43 bits per heavy atom. The molecule has 7 heteroatoms. The van der Waals surface area contributed by atoms with Crippen molar-refractivity contribution in [3.05, 3.63) is 79.0 Å². The molecule has 0 amide bonds. The number of nitrogens with zero attached hydrogens (tertiary/aromatic N) is 5. The van der Waals surface area contributed by atoms with Crippen LogP contribution in [0.15, 0.2) is 83.9 Å². The summed E-state index contributed by atoms with van der Waals surface area (Å²) in [6.45, 7) is 7.52. The maximum absolute atomic E-state index is 4.98. The summed E-state index contributed by atoms with van der Waals surface area (Å²) in [5.41, 5.74) is 8.05. The predicted molar refractivity (Wildman–Crippen MR) is 156 cm³/mol. The largest absolute Gasteiger partial charge is 0.369 e. The minimum absolute atomic E-state index is 0.619. The van der Waals surface area contributed by atoms with E-state index in [0.717, 1.165) is 61.0 Å². The SMILES string of the molecule is CCCN1Sc2cnc(Nc3ccc(N4CCN(C)CC4)cc3)nc2-c2ccc(-c3ccccc3)cc21. The van der Waals surface area contributed by atoms with Gasteiger partial charge in [0.1, 0.15) is 0 Å². The van der Waals surface area contributed by atoms with Gasteiger partial charge in [0.25, 0.3) is 0 Å². The molecule has 0 aliphatic carbocycles. The summed E-state index contributed by atoms with van der Waals surface area (Å²) in [7, 11) is 2.18. The van der Waals surface area contributed by atoms with Crippen LogP contribution in [0, 0.1) is 0 Å². The van der Waals surface area contributed by atoms with E-state index < -0.39 is 0 Å². The van der Waals surface area contributed by atoms with Crippen LogP contribution in [0.2, 0.25) is 0 Å². The van der Waals surface area contributed by atoms with Gasteiger partial charge in [-0.2, -0.15) is 0 Å². The van der Waals surface area contributed by atoms with Crippen LogP contribution >= 0.6 is 11.9 Å². The number of hydrogen-bond donors (Lipinski definition) is 1. The fourth-order valence-corrected chi connectivity index (χ4v) is 6.03. The van der Waals surface area contributed by atoms with Gasteiger partial charge in [0, 0.05) is 55.9 Å². The van der Waals surface area contributed by atoms with E-state index in [1.165, 1.54) is 22.5 Å². The van der Waals surface area contributed by atoms with Crippen LogP contribution in [-0.2, 0) is 0 Å². The first-order valence-corrected chi connectivity index (χ1v) is 13.8. The van der Waals surface area contributed by atoms with Gasteiger partial charge in [-0.3, -0.25) is 0 Å². The molecule has 1 N–H and O–H groups in total. The lowest BCUT2D eigenvalue weighted by Gasteiger charge is -2.34. The van der Waals surface area contributed by atoms with Crippen LogP contribution in [0.25, 0.3) is 22.4 Å². The third-order valence-corrected chi connectivity index (χ3v) is 8.11. The van der Waals surface area contributed by atoms with E-state index in [0.29, 0.717) is 5.95 Å². The van der Waals surface area contributed by atoms with Crippen molar-refractivity contribution in [2.45, 2.75) is 18.2 Å². The molecule has 2 aliphatic heterocycles. The Morgan fingerprint density at radius 1 is 0.892 bits per heavy atom. The van der Waals surface area contributed by atoms with Crippen molar-refractivity contribution in [1.82, 2.24) is 14.9 Å². The van der Waals surface area contributed by atoms with Crippen LogP contribution < -0.4 is 14.5 Å². The number of benzene rings is 3. The molecule has 0 radical (unpaired) electrons. The van der Waals surface area contributed by atoms with Crippen LogP contribution in [0.5, 0.6) is 0 Å². The average Bonchev–Trinajstić information content (AvgIpc) is 2.95. The number of fused-ring (bicyclic) bond motifs is 3. The minimum atomic E-state index is 0.619. The van der Waals surface area contributed by atoms with Crippen LogP contribution in [-0.4, -0.2) is 54.6 Å². The molecule has 4 aromatic rings. The van der Waals surface area contributed by atoms with Crippen LogP contribution in [0.1, 0.15) is 13.3 Å². The van der Waals surface area contributed by atoms with Crippen molar-refractivity contribution in [2.24, 2.45) is 0 Å². The van der Waals surface area contributed by atoms with Crippen LogP contribution in [0.3, 0.4) is 0 Å². The molecular formula is C30H32N6S. The predicted octanol–water partition coefficient (Wildman–Crippen LogP) is 6.54. The Balaban J connectivity index is 1.27. The van der Waals surface area contributed by atoms with Gasteiger partial charge < -0.3 is 19.4 Å². The van der Waals surface area contributed by atoms with Gasteiger partial charge in [-0.1, -0.05) is 49.4 Å². The highest BCUT2D eigenvalue weighted by molar-refractivity contribution is 8.00. The first-order chi connectivity index (χ1) is 18.2. The zero-order chi connectivity index (χ0) is 25.2. The third kappa shape index (κ3) is 5.02. The Kier molecular flexibility index (Phi) is 6.72. The smallest absolute Gasteiger partial charge is 0.227 e. The summed E-state index contributed by atoms with van der Waals surface area (Å²) in [6, 6.07) is 25.9. The Bertz CT molecular complexity index is 1370. The first-order valence-electron chi connectivity index (χ1n) is 13.0. The number of likely N-dealkylation sites (N-methyl/N-ethyl adjacent to an activating group) is 1. The second kappa shape index (κ2) is 10.4. The number of anilines is 4. The van der Waals surface area contributed by atoms with E-state index in [-0.39, 0.29) is 0 Å². The molecule has 0 spiro atoms. The van der Waals surface area contributed by atoms with Gasteiger partial charge >= 0.3 is 0 Å². The molecule has 1 saturated heterocycles. The molecule has 6 rings (SSSR count). The van der Waals surface area contributed by atoms with E-state index >= 15 is 0 Å². The number of nitrogens with one attached hydrogen (secondary N) is 1. The molecule has 0 atom stereocenters. The molecule has 1 aromatic heterocycles. The average molecular weight is 509 g/mol. The Morgan fingerprint density at radius 2 is 1.68 bits per heavy atom. The van der Waals surface area contributed by atoms with Crippen molar-refractivity contribution >= 4 is 35.0 Å². The van der Waals surface area contributed by atoms with Crippen molar-refractivity contribution in [1.29, 1.82) is 0 Å². The summed E-state index contributed by atoms with van der Waals surface area (Å²) in [6.07, 6.45) is 3.02. The fraction of sp³-hybridized carbons (Fsp3) is 0.267. The number of rotatable bonds is 6. The van der Waals surface area contributed by atoms with E-state index in [9.17, 15) is 0 Å². The quantitative estimate of drug-likeness (QED) is 0.297. The molecule has 3 aromatic carbocycles. The number of hydrogen-bond acceptors (Lipinski definition) is 7. The van der Waals surface area contributed by atoms with Crippen LogP contribution in [0.4, 0.5) is 23.0 Å². The Hall–Kier alpha value is -3.55. The molecule has 3 heterocycles. The highest BCUT2D eigenvalue weighted by Crippen LogP contribution is 2.47. The molecule has 1 fully saturated rings. The van der Waals surface area contributed by atoms with Crippen molar-refractivity contribution < 1.29 is 0 Å². The second-order valence-corrected chi connectivity index (χ2v) is 10.7. The molecule has 37 heavy (non-hydrogen) atoms. The van der Waals surface area contributed by atoms with Gasteiger partial charge in [0.15, 0.2) is 0 Å². The summed E-state index contributed by atoms with van der Waals surface area (Å²) in [5.74, 6) is 0.619. The van der Waals surface area contributed by atoms with E-state index in [1.807, 2.05) is 6.20 Å². The highest BCUT2D eigenvalue weighted by Gasteiger charge is 2.25. The Labute approximate surface area is 223 Å². The maximum atomic E-state index is 4.98. The first kappa shape index (κ1) is 23.8. The summed E-state index contributed by atoms with van der Waals surface area (Å²) in [4.78, 5) is 15.5. The van der Waals surface area contributed by atoms with Crippen molar-refractivity contribution in [3.63, 3.8) is 0 Å². The summed E-state index contributed by atoms with van der Waals surface area (Å²) >= 11 is 1.73. The topological polar surface area (TPSA) is 47.5 Å². The molecular weight excluding hydrogens is 476 g/mol. The number of aromatic nitrogens is 2. The number of piperazine rings is 1. The molecule has 0 bridgehead atoms. The third-order valence-electron chi connectivity index (χ3n) is 7.01. The zero-order valence-corrected chi connectivity index (χ0v) is 22.2. The molecule has 6 nitrogen and oxygen atoms in total. The van der Waals surface area contributed by atoms with Gasteiger partial charge in [-0.25, -0.2) is 9.97 Å². The van der Waals surface area contributed by atoms with E-state index in [4.69, 9.17) is 4.98 Å². The van der Waals surface area contributed by atoms with Gasteiger partial charge in [0.2, 0.25) is 5.95 Å². The van der Waals surface area contributed by atoms with Gasteiger partial charge in [-0.15, -0.1) is 0 Å². The lowest BCUT2D eigenvalue weighted by molar-refractivity contribution is 0.313. The lowest BCUT2D eigenvalue weighted by Crippen LogP contribution is -2.44. The molecule has 0 saturated carbocycles. The van der Waals surface area contributed by atoms with Crippen molar-refractivity contribution in [2.75, 3.05) is 54.3 Å². The summed E-state index contributed by atoms with van der Waals surface area (Å²) < 4.78 is 2.37. The fourth-order valence-electron chi connectivity index (χ4n) is 4.93. The standard InChI is InChI=1S/C30H32N6S/c1-3-15-36-27-20-23(22-7-5-4-6-8-22)9-14-26(27)29-28(37-36)21-31-30(33-29)32-24-10-12-25(13-11-24)35-18-16-34(2)17-19-35/h4-14,20-21H,3,15-19H2,1-2H3,(H,31,32,33). The monoisotopic (exact) mass is 508 g/mol. The zero-order valence-electron chi connectivity index (χ0n) is 21.4. The molecule has 188 valence electrons. The normalized spacial score (nSPS) is 15.3. The highest BCUT2D eigenvalue weighted by atomic mass is 32.2. The van der Waals surface area contributed by atoms with Gasteiger partial charge in [0.05, 0.1) is 16.3 Å². The van der Waals surface area contributed by atoms with Gasteiger partial charge in [-0.05, 0) is 66.9 Å². The minimum Gasteiger partial charge on any atom is -0.369 e. The summed E-state index contributed by atoms with van der Waals surface area (Å²) in [5, 5.41) is 3.42. The van der Waals surface area contributed by atoms with E-state index in [1.54, 1.807) is 11.9 Å². The maximum Gasteiger partial charge on any atom is 0.227 e. The second-order valence-electron chi connectivity index (χ2n) is 9.66. The molecule has 2 aliphatic rings. The lowest BCUT2D eigenvalue weighted by atomic mass is 10.0. The van der Waals surface area contributed by atoms with Crippen molar-refractivity contribution in [3.8, 4) is 22.4 Å². The van der Waals surface area contributed by atoms with E-state index in [2.05, 4.69) is 111 Å². The molecule has 0 unspecified atom stereocenters.